The van der Waals surface area contributed by atoms with Crippen LogP contribution in [-0.2, 0) is 19.0 Å². The summed E-state index contributed by atoms with van der Waals surface area (Å²) in [5.74, 6) is -0.364. The number of hydrogen-bond donors (Lipinski definition) is 0. The zero-order valence-corrected chi connectivity index (χ0v) is 6.44. The van der Waals surface area contributed by atoms with Gasteiger partial charge < -0.3 is 14.2 Å². The van der Waals surface area contributed by atoms with Crippen LogP contribution < -0.4 is 0 Å². The Hall–Kier alpha value is -0.870. The zero-order chi connectivity index (χ0) is 8.27. The topological polar surface area (TPSA) is 44.8 Å². The van der Waals surface area contributed by atoms with Crippen LogP contribution in [0.5, 0.6) is 0 Å². The largest absolute Gasteiger partial charge is 0.432 e. The molecule has 11 heavy (non-hydrogen) atoms. The Morgan fingerprint density at radius 3 is 2.55 bits per heavy atom. The van der Waals surface area contributed by atoms with Crippen LogP contribution in [-0.4, -0.2) is 25.7 Å². The van der Waals surface area contributed by atoms with Crippen molar-refractivity contribution in [1.29, 1.82) is 0 Å². The van der Waals surface area contributed by atoms with E-state index in [1.54, 1.807) is 12.2 Å². The van der Waals surface area contributed by atoms with Gasteiger partial charge in [0.25, 0.3) is 0 Å². The maximum absolute atomic E-state index is 10.4. The molecule has 2 unspecified atom stereocenters. The molecule has 0 aromatic rings. The van der Waals surface area contributed by atoms with Crippen molar-refractivity contribution < 1.29 is 19.0 Å². The molecule has 1 aliphatic rings. The number of hydrogen-bond acceptors (Lipinski definition) is 4. The van der Waals surface area contributed by atoms with Gasteiger partial charge in [-0.3, -0.25) is 4.79 Å². The monoisotopic (exact) mass is 158 g/mol. The molecule has 1 heterocycles. The Bertz CT molecular complexity index is 175. The Balaban J connectivity index is 2.32. The van der Waals surface area contributed by atoms with Gasteiger partial charge in [-0.2, -0.15) is 0 Å². The second-order valence-electron chi connectivity index (χ2n) is 2.10. The lowest BCUT2D eigenvalue weighted by Crippen LogP contribution is -2.18. The van der Waals surface area contributed by atoms with Gasteiger partial charge in [-0.25, -0.2) is 0 Å². The van der Waals surface area contributed by atoms with Gasteiger partial charge in [0.15, 0.2) is 6.29 Å². The Morgan fingerprint density at radius 1 is 1.45 bits per heavy atom. The normalized spacial score (nSPS) is 28.9. The summed E-state index contributed by atoms with van der Waals surface area (Å²) in [6.07, 6.45) is 2.35. The van der Waals surface area contributed by atoms with Crippen LogP contribution in [0.15, 0.2) is 12.2 Å². The first-order valence-electron chi connectivity index (χ1n) is 3.26. The van der Waals surface area contributed by atoms with Crippen LogP contribution in [0.4, 0.5) is 0 Å². The molecule has 0 aromatic heterocycles. The second-order valence-corrected chi connectivity index (χ2v) is 2.10. The third kappa shape index (κ3) is 2.32. The number of carbonyl (C=O) groups is 1. The predicted molar refractivity (Wildman–Crippen MR) is 36.6 cm³/mol. The third-order valence-electron chi connectivity index (χ3n) is 1.21. The first-order chi connectivity index (χ1) is 5.22. The van der Waals surface area contributed by atoms with Crippen molar-refractivity contribution in [3.63, 3.8) is 0 Å². The number of rotatable bonds is 2. The summed E-state index contributed by atoms with van der Waals surface area (Å²) in [5.41, 5.74) is 0. The maximum atomic E-state index is 10.4. The number of carbonyl (C=O) groups excluding carboxylic acids is 1. The summed E-state index contributed by atoms with van der Waals surface area (Å²) in [4.78, 5) is 10.4. The summed E-state index contributed by atoms with van der Waals surface area (Å²) in [7, 11) is 1.52. The standard InChI is InChI=1S/C7H10O4/c1-5(8)10-7-4-3-6(9-2)11-7/h3-4,6-7H,1-2H3. The van der Waals surface area contributed by atoms with E-state index in [2.05, 4.69) is 0 Å². The van der Waals surface area contributed by atoms with E-state index in [-0.39, 0.29) is 12.3 Å². The lowest BCUT2D eigenvalue weighted by atomic mass is 10.5. The summed E-state index contributed by atoms with van der Waals surface area (Å²) < 4.78 is 14.6. The second kappa shape index (κ2) is 3.50. The van der Waals surface area contributed by atoms with Crippen LogP contribution in [0.3, 0.4) is 0 Å². The number of esters is 1. The molecule has 0 saturated carbocycles. The van der Waals surface area contributed by atoms with E-state index in [1.165, 1.54) is 14.0 Å². The minimum atomic E-state index is -0.586. The van der Waals surface area contributed by atoms with Crippen molar-refractivity contribution in [3.8, 4) is 0 Å². The van der Waals surface area contributed by atoms with Crippen LogP contribution in [0, 0.1) is 0 Å². The average molecular weight is 158 g/mol. The van der Waals surface area contributed by atoms with E-state index in [9.17, 15) is 4.79 Å². The van der Waals surface area contributed by atoms with E-state index in [4.69, 9.17) is 14.2 Å². The molecule has 2 atom stereocenters. The fraction of sp³-hybridized carbons (Fsp3) is 0.571. The van der Waals surface area contributed by atoms with Crippen molar-refractivity contribution in [2.75, 3.05) is 7.11 Å². The smallest absolute Gasteiger partial charge is 0.305 e. The van der Waals surface area contributed by atoms with Crippen molar-refractivity contribution >= 4 is 5.97 Å². The van der Waals surface area contributed by atoms with Gasteiger partial charge in [0, 0.05) is 14.0 Å². The van der Waals surface area contributed by atoms with Crippen LogP contribution in [0.2, 0.25) is 0 Å². The highest BCUT2D eigenvalue weighted by Gasteiger charge is 2.20. The minimum Gasteiger partial charge on any atom is -0.432 e. The fourth-order valence-electron chi connectivity index (χ4n) is 0.769. The SMILES string of the molecule is COC1C=CC(OC(C)=O)O1. The van der Waals surface area contributed by atoms with Gasteiger partial charge in [-0.05, 0) is 12.2 Å². The maximum Gasteiger partial charge on any atom is 0.305 e. The van der Waals surface area contributed by atoms with Gasteiger partial charge in [0.1, 0.15) is 0 Å². The molecular weight excluding hydrogens is 148 g/mol. The number of methoxy groups -OCH3 is 1. The molecule has 1 aliphatic heterocycles. The van der Waals surface area contributed by atoms with Gasteiger partial charge in [-0.15, -0.1) is 0 Å². The quantitative estimate of drug-likeness (QED) is 0.432. The van der Waals surface area contributed by atoms with Crippen LogP contribution in [0.1, 0.15) is 6.92 Å². The lowest BCUT2D eigenvalue weighted by Gasteiger charge is -2.11. The van der Waals surface area contributed by atoms with E-state index in [0.29, 0.717) is 0 Å². The molecule has 0 bridgehead atoms. The van der Waals surface area contributed by atoms with Gasteiger partial charge in [0.2, 0.25) is 6.29 Å². The molecule has 0 spiro atoms. The Labute approximate surface area is 64.7 Å². The Morgan fingerprint density at radius 2 is 2.09 bits per heavy atom. The van der Waals surface area contributed by atoms with E-state index >= 15 is 0 Å². The van der Waals surface area contributed by atoms with Gasteiger partial charge in [0.05, 0.1) is 0 Å². The lowest BCUT2D eigenvalue weighted by molar-refractivity contribution is -0.192. The van der Waals surface area contributed by atoms with Crippen molar-refractivity contribution in [1.82, 2.24) is 0 Å². The zero-order valence-electron chi connectivity index (χ0n) is 6.44. The van der Waals surface area contributed by atoms with E-state index in [1.807, 2.05) is 0 Å². The van der Waals surface area contributed by atoms with Crippen molar-refractivity contribution in [3.05, 3.63) is 12.2 Å². The predicted octanol–water partition coefficient (Wildman–Crippen LogP) is 0.434. The molecule has 4 heteroatoms. The average Bonchev–Trinajstić information content (AvgIpc) is 2.34. The van der Waals surface area contributed by atoms with Crippen molar-refractivity contribution in [2.45, 2.75) is 19.5 Å². The molecule has 0 radical (unpaired) electrons. The molecule has 1 rings (SSSR count). The highest BCUT2D eigenvalue weighted by molar-refractivity contribution is 5.66. The van der Waals surface area contributed by atoms with Crippen LogP contribution in [0.25, 0.3) is 0 Å². The molecule has 4 nitrogen and oxygen atoms in total. The third-order valence-corrected chi connectivity index (χ3v) is 1.21. The summed E-state index contributed by atoms with van der Waals surface area (Å²) in [6, 6.07) is 0. The first-order valence-corrected chi connectivity index (χ1v) is 3.26. The molecule has 0 aromatic carbocycles. The summed E-state index contributed by atoms with van der Waals surface area (Å²) >= 11 is 0. The van der Waals surface area contributed by atoms with Crippen molar-refractivity contribution in [2.24, 2.45) is 0 Å². The highest BCUT2D eigenvalue weighted by atomic mass is 16.8. The highest BCUT2D eigenvalue weighted by Crippen LogP contribution is 2.12. The molecule has 0 saturated heterocycles. The van der Waals surface area contributed by atoms with E-state index < -0.39 is 6.29 Å². The molecule has 0 fully saturated rings. The number of ether oxygens (including phenoxy) is 3. The molecule has 0 N–H and O–H groups in total. The molecule has 0 amide bonds. The summed E-state index contributed by atoms with van der Waals surface area (Å²) in [6.45, 7) is 1.33. The van der Waals surface area contributed by atoms with E-state index in [0.717, 1.165) is 0 Å². The van der Waals surface area contributed by atoms with Gasteiger partial charge in [-0.1, -0.05) is 0 Å². The van der Waals surface area contributed by atoms with Crippen LogP contribution >= 0.6 is 0 Å². The first kappa shape index (κ1) is 8.23. The Kier molecular flexibility index (Phi) is 2.62. The fourth-order valence-corrected chi connectivity index (χ4v) is 0.769. The minimum absolute atomic E-state index is 0.364. The van der Waals surface area contributed by atoms with Gasteiger partial charge >= 0.3 is 5.97 Å². The summed E-state index contributed by atoms with van der Waals surface area (Å²) in [5, 5.41) is 0. The molecule has 0 aliphatic carbocycles. The molecular formula is C7H10O4. The molecule has 62 valence electrons.